The summed E-state index contributed by atoms with van der Waals surface area (Å²) in [4.78, 5) is 0. The van der Waals surface area contributed by atoms with Gasteiger partial charge in [0, 0.05) is 0 Å². The summed E-state index contributed by atoms with van der Waals surface area (Å²) in [5, 5.41) is 0. The molecule has 0 atom stereocenters. The van der Waals surface area contributed by atoms with Gasteiger partial charge >= 0.3 is 6.18 Å². The number of hydrogen-bond acceptors (Lipinski definition) is 0. The second kappa shape index (κ2) is 9.29. The summed E-state index contributed by atoms with van der Waals surface area (Å²) >= 11 is 0. The molecule has 134 valence electrons. The van der Waals surface area contributed by atoms with E-state index in [9.17, 15) is 13.2 Å². The van der Waals surface area contributed by atoms with Gasteiger partial charge in [-0.1, -0.05) is 49.8 Å². The second-order valence-electron chi connectivity index (χ2n) is 7.03. The van der Waals surface area contributed by atoms with Crippen molar-refractivity contribution in [3.8, 4) is 0 Å². The van der Waals surface area contributed by atoms with Crippen LogP contribution in [0.1, 0.15) is 75.3 Å². The lowest BCUT2D eigenvalue weighted by molar-refractivity contribution is -0.125. The highest BCUT2D eigenvalue weighted by molar-refractivity contribution is 5.25. The Hall–Kier alpha value is -1.25. The smallest absolute Gasteiger partial charge is 0.171 e. The van der Waals surface area contributed by atoms with Gasteiger partial charge in [-0.05, 0) is 67.9 Å². The molecule has 0 saturated heterocycles. The quantitative estimate of drug-likeness (QED) is 0.364. The molecular weight excluding hydrogens is 309 g/mol. The molecule has 0 spiro atoms. The molecule has 0 N–H and O–H groups in total. The van der Waals surface area contributed by atoms with Crippen molar-refractivity contribution in [1.82, 2.24) is 0 Å². The molecule has 0 radical (unpaired) electrons. The third-order valence-electron chi connectivity index (χ3n) is 5.21. The molecule has 1 aliphatic carbocycles. The zero-order valence-corrected chi connectivity index (χ0v) is 14.6. The number of unbranched alkanes of at least 4 members (excludes halogenated alkanes) is 1. The van der Waals surface area contributed by atoms with Crippen LogP contribution >= 0.6 is 0 Å². The van der Waals surface area contributed by atoms with Gasteiger partial charge in [0.2, 0.25) is 0 Å². The minimum Gasteiger partial charge on any atom is -0.171 e. The van der Waals surface area contributed by atoms with E-state index in [0.29, 0.717) is 5.92 Å². The van der Waals surface area contributed by atoms with Crippen LogP contribution in [0, 0.1) is 5.92 Å². The molecular formula is C21H29F3. The van der Waals surface area contributed by atoms with Crippen LogP contribution in [0.15, 0.2) is 36.4 Å². The maximum atomic E-state index is 12.0. The minimum atomic E-state index is -4.07. The normalized spacial score (nSPS) is 22.2. The van der Waals surface area contributed by atoms with Gasteiger partial charge in [-0.2, -0.15) is 13.2 Å². The molecule has 1 fully saturated rings. The fourth-order valence-electron chi connectivity index (χ4n) is 3.67. The lowest BCUT2D eigenvalue weighted by Gasteiger charge is -2.29. The first-order valence-corrected chi connectivity index (χ1v) is 9.28. The van der Waals surface area contributed by atoms with Crippen molar-refractivity contribution in [3.63, 3.8) is 0 Å². The van der Waals surface area contributed by atoms with Crippen molar-refractivity contribution in [2.24, 2.45) is 5.92 Å². The van der Waals surface area contributed by atoms with Gasteiger partial charge in [0.1, 0.15) is 0 Å². The van der Waals surface area contributed by atoms with Crippen LogP contribution in [0.5, 0.6) is 0 Å². The van der Waals surface area contributed by atoms with Crippen molar-refractivity contribution < 1.29 is 13.2 Å². The van der Waals surface area contributed by atoms with Crippen molar-refractivity contribution in [2.45, 2.75) is 76.8 Å². The highest BCUT2D eigenvalue weighted by Crippen LogP contribution is 2.37. The van der Waals surface area contributed by atoms with Gasteiger partial charge in [-0.15, -0.1) is 0 Å². The summed E-state index contributed by atoms with van der Waals surface area (Å²) in [5.41, 5.74) is 2.87. The molecule has 24 heavy (non-hydrogen) atoms. The van der Waals surface area contributed by atoms with Crippen LogP contribution in [-0.4, -0.2) is 6.18 Å². The summed E-state index contributed by atoms with van der Waals surface area (Å²) < 4.78 is 36.1. The number of alkyl halides is 3. The minimum absolute atomic E-state index is 0.693. The van der Waals surface area contributed by atoms with E-state index in [1.807, 2.05) is 0 Å². The molecule has 1 saturated carbocycles. The van der Waals surface area contributed by atoms with Crippen LogP contribution in [0.25, 0.3) is 0 Å². The average Bonchev–Trinajstić information content (AvgIpc) is 2.58. The number of aryl methyl sites for hydroxylation is 1. The number of rotatable bonds is 7. The first-order valence-electron chi connectivity index (χ1n) is 9.28. The molecule has 0 nitrogen and oxygen atoms in total. The molecule has 3 heteroatoms. The van der Waals surface area contributed by atoms with Crippen molar-refractivity contribution in [2.75, 3.05) is 0 Å². The van der Waals surface area contributed by atoms with E-state index in [2.05, 4.69) is 31.2 Å². The predicted octanol–water partition coefficient (Wildman–Crippen LogP) is 7.20. The third-order valence-corrected chi connectivity index (χ3v) is 5.21. The second-order valence-corrected chi connectivity index (χ2v) is 7.03. The Labute approximate surface area is 144 Å². The number of hydrogen-bond donors (Lipinski definition) is 0. The number of allylic oxidation sites excluding steroid dienone is 2. The summed E-state index contributed by atoms with van der Waals surface area (Å²) in [7, 11) is 0. The maximum absolute atomic E-state index is 12.0. The van der Waals surface area contributed by atoms with Crippen LogP contribution in [0.2, 0.25) is 0 Å². The fraction of sp³-hybridized carbons (Fsp3) is 0.619. The van der Waals surface area contributed by atoms with E-state index >= 15 is 0 Å². The molecule has 0 unspecified atom stereocenters. The van der Waals surface area contributed by atoms with E-state index in [-0.39, 0.29) is 0 Å². The van der Waals surface area contributed by atoms with Crippen molar-refractivity contribution >= 4 is 0 Å². The van der Waals surface area contributed by atoms with E-state index in [4.69, 9.17) is 0 Å². The molecule has 0 bridgehead atoms. The van der Waals surface area contributed by atoms with Gasteiger partial charge < -0.3 is 0 Å². The Morgan fingerprint density at radius 3 is 2.25 bits per heavy atom. The lowest BCUT2D eigenvalue weighted by atomic mass is 9.77. The topological polar surface area (TPSA) is 0 Å². The third kappa shape index (κ3) is 6.70. The average molecular weight is 338 g/mol. The van der Waals surface area contributed by atoms with Crippen molar-refractivity contribution in [1.29, 1.82) is 0 Å². The summed E-state index contributed by atoms with van der Waals surface area (Å²) in [6.07, 6.45) is 7.12. The summed E-state index contributed by atoms with van der Waals surface area (Å²) in [6.45, 7) is 2.18. The number of halogens is 3. The Kier molecular flexibility index (Phi) is 7.39. The van der Waals surface area contributed by atoms with Crippen LogP contribution in [-0.2, 0) is 6.42 Å². The Morgan fingerprint density at radius 1 is 1.00 bits per heavy atom. The largest absolute Gasteiger partial charge is 0.392 e. The fourth-order valence-corrected chi connectivity index (χ4v) is 3.67. The van der Waals surface area contributed by atoms with Crippen LogP contribution in [0.4, 0.5) is 13.2 Å². The van der Waals surface area contributed by atoms with Crippen LogP contribution in [0.3, 0.4) is 0 Å². The summed E-state index contributed by atoms with van der Waals surface area (Å²) in [6, 6.07) is 9.06. The molecule has 1 aromatic rings. The van der Waals surface area contributed by atoms with Gasteiger partial charge in [-0.25, -0.2) is 0 Å². The lowest BCUT2D eigenvalue weighted by Crippen LogP contribution is -2.13. The number of benzene rings is 1. The zero-order valence-electron chi connectivity index (χ0n) is 14.6. The molecule has 0 aliphatic heterocycles. The van der Waals surface area contributed by atoms with E-state index < -0.39 is 12.6 Å². The Balaban J connectivity index is 1.64. The van der Waals surface area contributed by atoms with Gasteiger partial charge in [0.25, 0.3) is 0 Å². The predicted molar refractivity (Wildman–Crippen MR) is 94.2 cm³/mol. The van der Waals surface area contributed by atoms with E-state index in [1.54, 1.807) is 6.08 Å². The standard InChI is InChI=1S/C21H29F3/c1-2-17-8-12-19(13-9-17)20-14-10-18(11-15-20)7-5-3-4-6-16-21(22,23)24/h4,6,8-9,12-13,18,20H,2-3,5,7,10-11,14-16H2,1H3/b6-4+/t18-,20-. The van der Waals surface area contributed by atoms with E-state index in [1.165, 1.54) is 42.9 Å². The monoisotopic (exact) mass is 338 g/mol. The van der Waals surface area contributed by atoms with E-state index in [0.717, 1.165) is 31.6 Å². The first-order chi connectivity index (χ1) is 11.5. The van der Waals surface area contributed by atoms with Crippen molar-refractivity contribution in [3.05, 3.63) is 47.5 Å². The first kappa shape index (κ1) is 19.1. The van der Waals surface area contributed by atoms with Crippen LogP contribution < -0.4 is 0 Å². The Morgan fingerprint density at radius 2 is 1.67 bits per heavy atom. The molecule has 0 aromatic heterocycles. The molecule has 1 aromatic carbocycles. The Bertz CT molecular complexity index is 491. The highest BCUT2D eigenvalue weighted by Gasteiger charge is 2.24. The van der Waals surface area contributed by atoms with Gasteiger partial charge in [0.15, 0.2) is 0 Å². The van der Waals surface area contributed by atoms with Gasteiger partial charge in [0.05, 0.1) is 6.42 Å². The zero-order chi connectivity index (χ0) is 17.4. The molecule has 0 amide bonds. The summed E-state index contributed by atoms with van der Waals surface area (Å²) in [5.74, 6) is 1.45. The maximum Gasteiger partial charge on any atom is 0.392 e. The molecule has 2 rings (SSSR count). The van der Waals surface area contributed by atoms with Gasteiger partial charge in [-0.3, -0.25) is 0 Å². The molecule has 1 aliphatic rings. The molecule has 0 heterocycles. The SMILES string of the molecule is CCc1ccc([C@H]2CC[C@H](CCC/C=C/CC(F)(F)F)CC2)cc1. The highest BCUT2D eigenvalue weighted by atomic mass is 19.4.